The van der Waals surface area contributed by atoms with Gasteiger partial charge in [-0.3, -0.25) is 4.90 Å². The smallest absolute Gasteiger partial charge is 0.131 e. The Balaban J connectivity index is 2.12. The summed E-state index contributed by atoms with van der Waals surface area (Å²) in [6, 6.07) is 3.47. The first-order valence-electron chi connectivity index (χ1n) is 8.19. The monoisotopic (exact) mass is 275 g/mol. The third kappa shape index (κ3) is 3.78. The van der Waals surface area contributed by atoms with Gasteiger partial charge in [0.15, 0.2) is 0 Å². The molecule has 1 unspecified atom stereocenters. The first kappa shape index (κ1) is 15.4. The molecule has 0 aliphatic heterocycles. The lowest BCUT2D eigenvalue weighted by molar-refractivity contribution is 0.130. The average Bonchev–Trinajstić information content (AvgIpc) is 2.98. The summed E-state index contributed by atoms with van der Waals surface area (Å²) in [5, 5.41) is 0. The molecule has 1 aliphatic rings. The topological polar surface area (TPSA) is 29.0 Å². The standard InChI is InChI=1S/C17H29N3/c1-5-14(4)20(16-8-6-7-9-16)12-15-10-11-18-17(19-15)13(2)3/h10-11,13-14,16H,5-9,12H2,1-4H3. The van der Waals surface area contributed by atoms with Crippen LogP contribution in [0.4, 0.5) is 0 Å². The zero-order valence-electron chi connectivity index (χ0n) is 13.5. The van der Waals surface area contributed by atoms with Crippen molar-refractivity contribution in [2.45, 2.75) is 84.3 Å². The van der Waals surface area contributed by atoms with Crippen LogP contribution < -0.4 is 0 Å². The average molecular weight is 275 g/mol. The Morgan fingerprint density at radius 3 is 2.55 bits per heavy atom. The zero-order valence-corrected chi connectivity index (χ0v) is 13.5. The first-order chi connectivity index (χ1) is 9.61. The molecule has 0 bridgehead atoms. The van der Waals surface area contributed by atoms with E-state index in [0.717, 1.165) is 18.4 Å². The van der Waals surface area contributed by atoms with Crippen molar-refractivity contribution in [3.63, 3.8) is 0 Å². The van der Waals surface area contributed by atoms with Gasteiger partial charge in [0, 0.05) is 30.7 Å². The largest absolute Gasteiger partial charge is 0.292 e. The molecule has 1 atom stereocenters. The van der Waals surface area contributed by atoms with E-state index < -0.39 is 0 Å². The Bertz CT molecular complexity index is 410. The van der Waals surface area contributed by atoms with Crippen LogP contribution in [0.3, 0.4) is 0 Å². The molecule has 1 aromatic heterocycles. The van der Waals surface area contributed by atoms with E-state index >= 15 is 0 Å². The number of hydrogen-bond acceptors (Lipinski definition) is 3. The maximum atomic E-state index is 4.75. The fraction of sp³-hybridized carbons (Fsp3) is 0.765. The Hall–Kier alpha value is -0.960. The molecule has 112 valence electrons. The zero-order chi connectivity index (χ0) is 14.5. The molecular formula is C17H29N3. The highest BCUT2D eigenvalue weighted by molar-refractivity contribution is 5.05. The van der Waals surface area contributed by atoms with E-state index in [-0.39, 0.29) is 0 Å². The highest BCUT2D eigenvalue weighted by atomic mass is 15.2. The lowest BCUT2D eigenvalue weighted by Crippen LogP contribution is -2.39. The lowest BCUT2D eigenvalue weighted by Gasteiger charge is -2.33. The van der Waals surface area contributed by atoms with Gasteiger partial charge in [0.05, 0.1) is 5.69 Å². The van der Waals surface area contributed by atoms with Crippen molar-refractivity contribution in [2.24, 2.45) is 0 Å². The number of hydrogen-bond donors (Lipinski definition) is 0. The second-order valence-electron chi connectivity index (χ2n) is 6.43. The second kappa shape index (κ2) is 7.16. The molecule has 1 heterocycles. The fourth-order valence-electron chi connectivity index (χ4n) is 3.08. The molecule has 1 aliphatic carbocycles. The van der Waals surface area contributed by atoms with Crippen molar-refractivity contribution in [2.75, 3.05) is 0 Å². The third-order valence-electron chi connectivity index (χ3n) is 4.54. The van der Waals surface area contributed by atoms with Crippen molar-refractivity contribution in [3.8, 4) is 0 Å². The molecule has 0 spiro atoms. The minimum absolute atomic E-state index is 0.401. The SMILES string of the molecule is CCC(C)N(Cc1ccnc(C(C)C)n1)C1CCCC1. The molecule has 0 aromatic carbocycles. The Morgan fingerprint density at radius 1 is 1.25 bits per heavy atom. The highest BCUT2D eigenvalue weighted by Gasteiger charge is 2.26. The van der Waals surface area contributed by atoms with E-state index in [0.29, 0.717) is 12.0 Å². The summed E-state index contributed by atoms with van der Waals surface area (Å²) in [4.78, 5) is 11.8. The van der Waals surface area contributed by atoms with Gasteiger partial charge in [-0.05, 0) is 32.3 Å². The first-order valence-corrected chi connectivity index (χ1v) is 8.19. The van der Waals surface area contributed by atoms with E-state index in [1.165, 1.54) is 37.8 Å². The maximum Gasteiger partial charge on any atom is 0.131 e. The summed E-state index contributed by atoms with van der Waals surface area (Å²) in [5.41, 5.74) is 1.18. The molecule has 3 nitrogen and oxygen atoms in total. The predicted molar refractivity (Wildman–Crippen MR) is 83.7 cm³/mol. The Labute approximate surface area is 123 Å². The summed E-state index contributed by atoms with van der Waals surface area (Å²) in [7, 11) is 0. The van der Waals surface area contributed by atoms with Crippen LogP contribution in [0, 0.1) is 0 Å². The summed E-state index contributed by atoms with van der Waals surface area (Å²) in [6.07, 6.45) is 8.61. The molecule has 3 heteroatoms. The molecule has 1 aromatic rings. The molecule has 1 saturated carbocycles. The lowest BCUT2D eigenvalue weighted by atomic mass is 10.1. The molecule has 0 amide bonds. The van der Waals surface area contributed by atoms with Gasteiger partial charge in [0.2, 0.25) is 0 Å². The normalized spacial score (nSPS) is 18.1. The van der Waals surface area contributed by atoms with Gasteiger partial charge in [-0.15, -0.1) is 0 Å². The quantitative estimate of drug-likeness (QED) is 0.781. The molecular weight excluding hydrogens is 246 g/mol. The van der Waals surface area contributed by atoms with Gasteiger partial charge in [0.1, 0.15) is 5.82 Å². The van der Waals surface area contributed by atoms with Gasteiger partial charge in [-0.25, -0.2) is 9.97 Å². The number of rotatable bonds is 6. The van der Waals surface area contributed by atoms with Crippen molar-refractivity contribution < 1.29 is 0 Å². The molecule has 0 radical (unpaired) electrons. The minimum atomic E-state index is 0.401. The fourth-order valence-corrected chi connectivity index (χ4v) is 3.08. The van der Waals surface area contributed by atoms with Crippen LogP contribution in [-0.2, 0) is 6.54 Å². The van der Waals surface area contributed by atoms with Gasteiger partial charge in [-0.1, -0.05) is 33.6 Å². The maximum absolute atomic E-state index is 4.75. The van der Waals surface area contributed by atoms with E-state index in [4.69, 9.17) is 4.98 Å². The molecule has 20 heavy (non-hydrogen) atoms. The van der Waals surface area contributed by atoms with E-state index in [2.05, 4.69) is 43.6 Å². The van der Waals surface area contributed by atoms with Crippen molar-refractivity contribution in [3.05, 3.63) is 23.8 Å². The summed E-state index contributed by atoms with van der Waals surface area (Å²) < 4.78 is 0. The molecule has 0 saturated heterocycles. The van der Waals surface area contributed by atoms with Crippen molar-refractivity contribution in [1.29, 1.82) is 0 Å². The number of nitrogens with zero attached hydrogens (tertiary/aromatic N) is 3. The molecule has 0 N–H and O–H groups in total. The minimum Gasteiger partial charge on any atom is -0.292 e. The third-order valence-corrected chi connectivity index (χ3v) is 4.54. The van der Waals surface area contributed by atoms with Gasteiger partial charge >= 0.3 is 0 Å². The van der Waals surface area contributed by atoms with E-state index in [1.54, 1.807) is 0 Å². The van der Waals surface area contributed by atoms with Crippen molar-refractivity contribution >= 4 is 0 Å². The van der Waals surface area contributed by atoms with Crippen LogP contribution in [-0.4, -0.2) is 27.0 Å². The summed E-state index contributed by atoms with van der Waals surface area (Å²) in [5.74, 6) is 1.37. The molecule has 2 rings (SSSR count). The highest BCUT2D eigenvalue weighted by Crippen LogP contribution is 2.27. The molecule has 1 fully saturated rings. The van der Waals surface area contributed by atoms with Crippen LogP contribution in [0.1, 0.15) is 77.2 Å². The van der Waals surface area contributed by atoms with E-state index in [9.17, 15) is 0 Å². The van der Waals surface area contributed by atoms with Crippen LogP contribution in [0.5, 0.6) is 0 Å². The number of aromatic nitrogens is 2. The van der Waals surface area contributed by atoms with Crippen LogP contribution >= 0.6 is 0 Å². The van der Waals surface area contributed by atoms with Crippen molar-refractivity contribution in [1.82, 2.24) is 14.9 Å². The Morgan fingerprint density at radius 2 is 1.95 bits per heavy atom. The second-order valence-corrected chi connectivity index (χ2v) is 6.43. The Kier molecular flexibility index (Phi) is 5.53. The van der Waals surface area contributed by atoms with Crippen LogP contribution in [0.15, 0.2) is 12.3 Å². The van der Waals surface area contributed by atoms with Gasteiger partial charge in [-0.2, -0.15) is 0 Å². The van der Waals surface area contributed by atoms with Crippen LogP contribution in [0.25, 0.3) is 0 Å². The van der Waals surface area contributed by atoms with Crippen LogP contribution in [0.2, 0.25) is 0 Å². The van der Waals surface area contributed by atoms with Gasteiger partial charge < -0.3 is 0 Å². The summed E-state index contributed by atoms with van der Waals surface area (Å²) >= 11 is 0. The summed E-state index contributed by atoms with van der Waals surface area (Å²) in [6.45, 7) is 9.92. The predicted octanol–water partition coefficient (Wildman–Crippen LogP) is 4.14. The van der Waals surface area contributed by atoms with Gasteiger partial charge in [0.25, 0.3) is 0 Å². The van der Waals surface area contributed by atoms with E-state index in [1.807, 2.05) is 6.20 Å².